The first-order chi connectivity index (χ1) is 19.1. The zero-order valence-electron chi connectivity index (χ0n) is 22.2. The molecular weight excluding hydrogens is 551 g/mol. The summed E-state index contributed by atoms with van der Waals surface area (Å²) >= 11 is 1.27. The maximum Gasteiger partial charge on any atom is 0.238 e. The van der Waals surface area contributed by atoms with Crippen molar-refractivity contribution < 1.29 is 12.8 Å². The highest BCUT2D eigenvalue weighted by Gasteiger charge is 2.24. The van der Waals surface area contributed by atoms with Gasteiger partial charge in [-0.15, -0.1) is 0 Å². The number of thiazole rings is 1. The number of nitriles is 1. The molecule has 0 radical (unpaired) electrons. The number of aryl methyl sites for hydroxylation is 1. The fourth-order valence-corrected chi connectivity index (χ4v) is 5.58. The molecule has 5 rings (SSSR count). The first kappa shape index (κ1) is 27.2. The maximum absolute atomic E-state index is 13.5. The fraction of sp³-hybridized carbons (Fsp3) is 0.222. The van der Waals surface area contributed by atoms with Crippen molar-refractivity contribution in [2.45, 2.75) is 20.3 Å². The highest BCUT2D eigenvalue weighted by Crippen LogP contribution is 2.38. The summed E-state index contributed by atoms with van der Waals surface area (Å²) in [6.45, 7) is 4.58. The van der Waals surface area contributed by atoms with E-state index in [0.29, 0.717) is 39.8 Å². The molecule has 13 heteroatoms. The number of pyridine rings is 1. The number of fused-ring (bicyclic) bond motifs is 1. The molecule has 5 aromatic rings. The molecule has 4 aromatic heterocycles. The number of anilines is 3. The van der Waals surface area contributed by atoms with Gasteiger partial charge in [-0.1, -0.05) is 18.3 Å². The molecule has 0 fully saturated rings. The number of nitrogens with zero attached hydrogens (tertiary/aromatic N) is 8. The van der Waals surface area contributed by atoms with E-state index in [1.54, 1.807) is 24.5 Å². The Morgan fingerprint density at radius 2 is 1.70 bits per heavy atom. The van der Waals surface area contributed by atoms with Crippen molar-refractivity contribution in [1.82, 2.24) is 24.3 Å². The molecule has 0 bridgehead atoms. The summed E-state index contributed by atoms with van der Waals surface area (Å²) in [5.41, 5.74) is 4.27. The van der Waals surface area contributed by atoms with Gasteiger partial charge in [-0.3, -0.25) is 4.40 Å². The number of rotatable bonds is 8. The molecule has 1 aromatic carbocycles. The van der Waals surface area contributed by atoms with Crippen LogP contribution in [0, 0.1) is 17.1 Å². The van der Waals surface area contributed by atoms with E-state index < -0.39 is 10.0 Å². The number of sulfonamides is 1. The van der Waals surface area contributed by atoms with Crippen LogP contribution in [0.25, 0.3) is 28.0 Å². The Morgan fingerprint density at radius 1 is 1.02 bits per heavy atom. The van der Waals surface area contributed by atoms with Crippen LogP contribution in [-0.4, -0.2) is 52.6 Å². The summed E-state index contributed by atoms with van der Waals surface area (Å²) < 4.78 is 40.2. The lowest BCUT2D eigenvalue weighted by atomic mass is 10.1. The lowest BCUT2D eigenvalue weighted by Gasteiger charge is -2.21. The van der Waals surface area contributed by atoms with Crippen molar-refractivity contribution in [2.75, 3.05) is 29.1 Å². The third kappa shape index (κ3) is 4.99. The number of hydrogen-bond acceptors (Lipinski definition) is 9. The van der Waals surface area contributed by atoms with Crippen LogP contribution in [-0.2, 0) is 16.4 Å². The van der Waals surface area contributed by atoms with Crippen molar-refractivity contribution in [1.29, 1.82) is 5.26 Å². The third-order valence-corrected chi connectivity index (χ3v) is 8.53. The predicted molar refractivity (Wildman–Crippen MR) is 154 cm³/mol. The summed E-state index contributed by atoms with van der Waals surface area (Å²) in [7, 11) is -2.08. The van der Waals surface area contributed by atoms with Crippen LogP contribution in [0.4, 0.5) is 21.3 Å². The molecule has 0 saturated carbocycles. The zero-order valence-corrected chi connectivity index (χ0v) is 23.8. The Labute approximate surface area is 235 Å². The summed E-state index contributed by atoms with van der Waals surface area (Å²) in [6, 6.07) is 12.0. The first-order valence-electron chi connectivity index (χ1n) is 12.4. The minimum absolute atomic E-state index is 0.0788. The van der Waals surface area contributed by atoms with E-state index in [-0.39, 0.29) is 11.8 Å². The number of hydrogen-bond donors (Lipinski definition) is 0. The van der Waals surface area contributed by atoms with Gasteiger partial charge in [0.05, 0.1) is 11.9 Å². The molecule has 0 aliphatic rings. The van der Waals surface area contributed by atoms with E-state index in [9.17, 15) is 18.1 Å². The van der Waals surface area contributed by atoms with Crippen LogP contribution in [0.15, 0.2) is 55.0 Å². The summed E-state index contributed by atoms with van der Waals surface area (Å²) in [4.78, 5) is 20.6. The summed E-state index contributed by atoms with van der Waals surface area (Å²) in [5.74, 6) is 0.541. The van der Waals surface area contributed by atoms with Crippen LogP contribution in [0.1, 0.15) is 24.4 Å². The Balaban J connectivity index is 1.59. The molecule has 0 aliphatic heterocycles. The molecule has 4 heterocycles. The highest BCUT2D eigenvalue weighted by atomic mass is 32.2. The molecule has 40 heavy (non-hydrogen) atoms. The first-order valence-corrected chi connectivity index (χ1v) is 15.0. The second-order valence-electron chi connectivity index (χ2n) is 8.92. The molecule has 0 unspecified atom stereocenters. The zero-order chi connectivity index (χ0) is 28.6. The second kappa shape index (κ2) is 10.6. The molecule has 0 amide bonds. The second-order valence-corrected chi connectivity index (χ2v) is 11.9. The van der Waals surface area contributed by atoms with Crippen LogP contribution in [0.5, 0.6) is 0 Å². The van der Waals surface area contributed by atoms with Gasteiger partial charge in [0, 0.05) is 48.9 Å². The minimum Gasteiger partial charge on any atom is -0.302 e. The van der Waals surface area contributed by atoms with Crippen molar-refractivity contribution in [3.05, 3.63) is 71.4 Å². The predicted octanol–water partition coefficient (Wildman–Crippen LogP) is 5.04. The Hall–Kier alpha value is -4.41. The third-order valence-electron chi connectivity index (χ3n) is 6.39. The molecule has 0 spiro atoms. The average molecular weight is 577 g/mol. The molecule has 0 atom stereocenters. The van der Waals surface area contributed by atoms with E-state index in [2.05, 4.69) is 16.0 Å². The number of benzene rings is 1. The number of imidazole rings is 1. The lowest BCUT2D eigenvalue weighted by molar-refractivity contribution is 0.599. The molecule has 0 saturated heterocycles. The van der Waals surface area contributed by atoms with Crippen molar-refractivity contribution in [3.8, 4) is 28.5 Å². The largest absolute Gasteiger partial charge is 0.302 e. The van der Waals surface area contributed by atoms with Gasteiger partial charge in [0.1, 0.15) is 33.9 Å². The smallest absolute Gasteiger partial charge is 0.238 e. The van der Waals surface area contributed by atoms with E-state index in [1.807, 2.05) is 41.5 Å². The molecule has 10 nitrogen and oxygen atoms in total. The molecule has 0 N–H and O–H groups in total. The normalized spacial score (nSPS) is 11.5. The fourth-order valence-electron chi connectivity index (χ4n) is 4.24. The Morgan fingerprint density at radius 3 is 2.30 bits per heavy atom. The lowest BCUT2D eigenvalue weighted by Crippen LogP contribution is -2.26. The standard InChI is InChI=1S/C27H25FN8O2S2/c1-5-21-25(35(6-2)27-33-24(22(13-29)39-27)17-7-10-20(28)11-8-17)36-16-18(9-12-23(36)32-21)19-14-30-26(31-15-19)34(3)40(4,37)38/h7-12,14-16H,5-6H2,1-4H3. The van der Waals surface area contributed by atoms with Gasteiger partial charge in [0.15, 0.2) is 5.13 Å². The van der Waals surface area contributed by atoms with E-state index in [4.69, 9.17) is 9.97 Å². The SMILES string of the molecule is CCc1nc2ccc(-c3cnc(N(C)S(C)(=O)=O)nc3)cn2c1N(CC)c1nc(-c2ccc(F)cc2)c(C#N)s1. The van der Waals surface area contributed by atoms with E-state index in [1.165, 1.54) is 30.5 Å². The topological polar surface area (TPSA) is 120 Å². The van der Waals surface area contributed by atoms with Crippen molar-refractivity contribution in [3.63, 3.8) is 0 Å². The van der Waals surface area contributed by atoms with Crippen LogP contribution in [0.2, 0.25) is 0 Å². The van der Waals surface area contributed by atoms with Gasteiger partial charge in [0.25, 0.3) is 0 Å². The van der Waals surface area contributed by atoms with E-state index in [0.717, 1.165) is 33.3 Å². The number of aromatic nitrogens is 5. The van der Waals surface area contributed by atoms with Gasteiger partial charge in [-0.2, -0.15) is 5.26 Å². The quantitative estimate of drug-likeness (QED) is 0.252. The molecular formula is C27H25FN8O2S2. The van der Waals surface area contributed by atoms with Gasteiger partial charge in [-0.25, -0.2) is 37.0 Å². The monoisotopic (exact) mass is 576 g/mol. The summed E-state index contributed by atoms with van der Waals surface area (Å²) in [6.07, 6.45) is 6.84. The van der Waals surface area contributed by atoms with Gasteiger partial charge < -0.3 is 4.90 Å². The van der Waals surface area contributed by atoms with Gasteiger partial charge in [0.2, 0.25) is 16.0 Å². The van der Waals surface area contributed by atoms with Crippen molar-refractivity contribution in [2.24, 2.45) is 0 Å². The maximum atomic E-state index is 13.5. The van der Waals surface area contributed by atoms with Crippen LogP contribution >= 0.6 is 11.3 Å². The number of halogens is 1. The van der Waals surface area contributed by atoms with E-state index >= 15 is 0 Å². The highest BCUT2D eigenvalue weighted by molar-refractivity contribution is 7.92. The molecule has 204 valence electrons. The van der Waals surface area contributed by atoms with Crippen LogP contribution < -0.4 is 9.21 Å². The van der Waals surface area contributed by atoms with Gasteiger partial charge >= 0.3 is 0 Å². The molecule has 0 aliphatic carbocycles. The Bertz CT molecular complexity index is 1840. The Kier molecular flexibility index (Phi) is 7.22. The summed E-state index contributed by atoms with van der Waals surface area (Å²) in [5, 5.41) is 10.5. The van der Waals surface area contributed by atoms with Crippen LogP contribution in [0.3, 0.4) is 0 Å². The van der Waals surface area contributed by atoms with Gasteiger partial charge in [-0.05, 0) is 49.7 Å². The van der Waals surface area contributed by atoms with Crippen molar-refractivity contribution >= 4 is 43.9 Å². The average Bonchev–Trinajstić information content (AvgIpc) is 3.55. The minimum atomic E-state index is -3.48.